The number of alkyl halides is 3. The van der Waals surface area contributed by atoms with E-state index in [2.05, 4.69) is 4.98 Å². The molecule has 0 radical (unpaired) electrons. The van der Waals surface area contributed by atoms with Crippen molar-refractivity contribution in [2.24, 2.45) is 0 Å². The molecule has 2 aromatic heterocycles. The van der Waals surface area contributed by atoms with Gasteiger partial charge < -0.3 is 9.15 Å². The fraction of sp³-hybridized carbons (Fsp3) is 0.333. The topological polar surface area (TPSA) is 89.7 Å². The van der Waals surface area contributed by atoms with Crippen molar-refractivity contribution < 1.29 is 35.5 Å². The number of carbonyl (C=O) groups is 1. The van der Waals surface area contributed by atoms with Gasteiger partial charge in [0.2, 0.25) is 5.09 Å². The number of pyridine rings is 1. The Morgan fingerprint density at radius 3 is 2.66 bits per heavy atom. The Hall–Kier alpha value is -3.18. The smallest absolute Gasteiger partial charge is 0.433 e. The van der Waals surface area contributed by atoms with E-state index >= 15 is 0 Å². The molecule has 3 aromatic rings. The lowest BCUT2D eigenvalue weighted by Gasteiger charge is -2.21. The lowest BCUT2D eigenvalue weighted by Crippen LogP contribution is -2.40. The van der Waals surface area contributed by atoms with E-state index in [4.69, 9.17) is 9.15 Å². The highest BCUT2D eigenvalue weighted by Crippen LogP contribution is 2.29. The van der Waals surface area contributed by atoms with E-state index in [0.29, 0.717) is 30.6 Å². The first-order valence-electron chi connectivity index (χ1n) is 11.0. The second kappa shape index (κ2) is 10.2. The molecule has 0 aliphatic carbocycles. The molecular formula is C24H23F3N2O5S. The summed E-state index contributed by atoms with van der Waals surface area (Å²) in [7, 11) is -3.87. The molecule has 1 atom stereocenters. The molecule has 1 aliphatic rings. The highest BCUT2D eigenvalue weighted by atomic mass is 32.2. The minimum atomic E-state index is -4.50. The summed E-state index contributed by atoms with van der Waals surface area (Å²) in [5, 5.41) is -0.176. The minimum Gasteiger partial charge on any atom is -0.489 e. The van der Waals surface area contributed by atoms with E-state index in [1.54, 1.807) is 18.2 Å². The highest BCUT2D eigenvalue weighted by molar-refractivity contribution is 7.89. The number of Topliss-reactive ketones (excluding diaryl/α,β-unsaturated/α-hetero) is 1. The summed E-state index contributed by atoms with van der Waals surface area (Å²) in [6.07, 6.45) is -0.492. The van der Waals surface area contributed by atoms with Crippen LogP contribution >= 0.6 is 0 Å². The van der Waals surface area contributed by atoms with E-state index < -0.39 is 27.9 Å². The Balaban J connectivity index is 1.33. The maximum atomic E-state index is 12.9. The van der Waals surface area contributed by atoms with Crippen LogP contribution in [0.2, 0.25) is 0 Å². The van der Waals surface area contributed by atoms with Crippen molar-refractivity contribution >= 4 is 15.8 Å². The summed E-state index contributed by atoms with van der Waals surface area (Å²) >= 11 is 0. The van der Waals surface area contributed by atoms with Crippen molar-refractivity contribution in [3.63, 3.8) is 0 Å². The number of sulfonamides is 1. The molecule has 0 amide bonds. The summed E-state index contributed by atoms with van der Waals surface area (Å²) in [4.78, 5) is 16.3. The predicted molar refractivity (Wildman–Crippen MR) is 119 cm³/mol. The molecule has 1 aromatic carbocycles. The normalized spacial score (nSPS) is 16.9. The molecule has 0 bridgehead atoms. The standard InChI is InChI=1S/C24H23F3N2O5S/c25-24(26,27)22-11-9-18(15-28-22)16-34-19-5-1-4-17(14-19)8-10-21(30)20-6-2-12-29(20)35(31,32)23-7-3-13-33-23/h1,3-5,7,9,11,13-15,20H,2,6,8,10,12,16H2/t20-/m0/s1. The van der Waals surface area contributed by atoms with Gasteiger partial charge in [0, 0.05) is 24.7 Å². The van der Waals surface area contributed by atoms with Crippen LogP contribution in [0.5, 0.6) is 5.75 Å². The number of hydrogen-bond donors (Lipinski definition) is 0. The first kappa shape index (κ1) is 24.9. The number of benzene rings is 1. The average Bonchev–Trinajstić information content (AvgIpc) is 3.54. The number of carbonyl (C=O) groups excluding carboxylic acids is 1. The Morgan fingerprint density at radius 2 is 1.97 bits per heavy atom. The van der Waals surface area contributed by atoms with Crippen LogP contribution in [0.3, 0.4) is 0 Å². The van der Waals surface area contributed by atoms with Crippen molar-refractivity contribution in [3.8, 4) is 5.75 Å². The second-order valence-corrected chi connectivity index (χ2v) is 9.98. The van der Waals surface area contributed by atoms with Crippen molar-refractivity contribution in [2.45, 2.75) is 49.6 Å². The van der Waals surface area contributed by atoms with E-state index in [1.165, 1.54) is 28.8 Å². The number of halogens is 3. The molecule has 0 saturated carbocycles. The number of ether oxygens (including phenoxy) is 1. The van der Waals surface area contributed by atoms with E-state index in [9.17, 15) is 26.4 Å². The fourth-order valence-corrected chi connectivity index (χ4v) is 5.53. The number of aryl methyl sites for hydroxylation is 1. The minimum absolute atomic E-state index is 0.0369. The number of furan rings is 1. The first-order valence-corrected chi connectivity index (χ1v) is 12.4. The van der Waals surface area contributed by atoms with Gasteiger partial charge in [0.25, 0.3) is 10.0 Å². The predicted octanol–water partition coefficient (Wildman–Crippen LogP) is 4.63. The summed E-state index contributed by atoms with van der Waals surface area (Å²) in [5.74, 6) is 0.331. The van der Waals surface area contributed by atoms with Crippen molar-refractivity contribution in [3.05, 3.63) is 77.8 Å². The zero-order valence-electron chi connectivity index (χ0n) is 18.6. The quantitative estimate of drug-likeness (QED) is 0.419. The summed E-state index contributed by atoms with van der Waals surface area (Å²) in [5.41, 5.74) is 0.336. The van der Waals surface area contributed by atoms with Gasteiger partial charge >= 0.3 is 6.18 Å². The van der Waals surface area contributed by atoms with Crippen LogP contribution < -0.4 is 4.74 Å². The molecule has 0 N–H and O–H groups in total. The van der Waals surface area contributed by atoms with E-state index in [-0.39, 0.29) is 30.4 Å². The summed E-state index contributed by atoms with van der Waals surface area (Å²) < 4.78 is 75.4. The molecule has 1 fully saturated rings. The SMILES string of the molecule is O=C(CCc1cccc(OCc2ccc(C(F)(F)F)nc2)c1)[C@@H]1CCCN1S(=O)(=O)c1ccco1. The largest absolute Gasteiger partial charge is 0.489 e. The van der Waals surface area contributed by atoms with Gasteiger partial charge in [-0.2, -0.15) is 17.5 Å². The maximum absolute atomic E-state index is 12.9. The Labute approximate surface area is 200 Å². The van der Waals surface area contributed by atoms with Crippen LogP contribution in [0.4, 0.5) is 13.2 Å². The van der Waals surface area contributed by atoms with E-state index in [0.717, 1.165) is 17.8 Å². The van der Waals surface area contributed by atoms with Gasteiger partial charge in [-0.05, 0) is 55.2 Å². The monoisotopic (exact) mass is 508 g/mol. The summed E-state index contributed by atoms with van der Waals surface area (Å²) in [6, 6.07) is 11.4. The number of aromatic nitrogens is 1. The molecule has 4 rings (SSSR count). The molecule has 1 saturated heterocycles. The molecule has 7 nitrogen and oxygen atoms in total. The van der Waals surface area contributed by atoms with Gasteiger partial charge in [0.1, 0.15) is 18.1 Å². The fourth-order valence-electron chi connectivity index (χ4n) is 3.94. The van der Waals surface area contributed by atoms with Crippen LogP contribution in [0.25, 0.3) is 0 Å². The first-order chi connectivity index (χ1) is 16.6. The number of hydrogen-bond acceptors (Lipinski definition) is 6. The van der Waals surface area contributed by atoms with Gasteiger partial charge in [-0.3, -0.25) is 9.78 Å². The third-order valence-electron chi connectivity index (χ3n) is 5.71. The third-order valence-corrected chi connectivity index (χ3v) is 7.51. The molecule has 3 heterocycles. The lowest BCUT2D eigenvalue weighted by molar-refractivity contribution is -0.141. The van der Waals surface area contributed by atoms with Crippen LogP contribution in [0, 0.1) is 0 Å². The van der Waals surface area contributed by atoms with Crippen molar-refractivity contribution in [2.75, 3.05) is 6.54 Å². The molecule has 0 unspecified atom stereocenters. The molecular weight excluding hydrogens is 485 g/mol. The Kier molecular flexibility index (Phi) is 7.27. The van der Waals surface area contributed by atoms with Crippen LogP contribution in [0.1, 0.15) is 36.1 Å². The van der Waals surface area contributed by atoms with Gasteiger partial charge in [-0.1, -0.05) is 18.2 Å². The molecule has 186 valence electrons. The highest BCUT2D eigenvalue weighted by Gasteiger charge is 2.40. The van der Waals surface area contributed by atoms with Gasteiger partial charge in [0.15, 0.2) is 5.78 Å². The molecule has 11 heteroatoms. The van der Waals surface area contributed by atoms with Gasteiger partial charge in [-0.25, -0.2) is 8.42 Å². The maximum Gasteiger partial charge on any atom is 0.433 e. The van der Waals surface area contributed by atoms with Crippen molar-refractivity contribution in [1.82, 2.24) is 9.29 Å². The average molecular weight is 509 g/mol. The third kappa shape index (κ3) is 5.91. The molecule has 35 heavy (non-hydrogen) atoms. The van der Waals surface area contributed by atoms with Gasteiger partial charge in [0.05, 0.1) is 12.3 Å². The Bertz CT molecular complexity index is 1260. The zero-order valence-corrected chi connectivity index (χ0v) is 19.4. The van der Waals surface area contributed by atoms with Crippen LogP contribution in [0.15, 0.2) is 70.5 Å². The number of ketones is 1. The molecule has 1 aliphatic heterocycles. The van der Waals surface area contributed by atoms with Crippen LogP contribution in [-0.4, -0.2) is 36.1 Å². The van der Waals surface area contributed by atoms with Crippen LogP contribution in [-0.2, 0) is 34.0 Å². The second-order valence-electron chi connectivity index (χ2n) is 8.16. The number of rotatable bonds is 9. The Morgan fingerprint density at radius 1 is 1.14 bits per heavy atom. The van der Waals surface area contributed by atoms with E-state index in [1.807, 2.05) is 6.07 Å². The number of nitrogens with zero attached hydrogens (tertiary/aromatic N) is 2. The summed E-state index contributed by atoms with van der Waals surface area (Å²) in [6.45, 7) is 0.302. The zero-order chi connectivity index (χ0) is 25.1. The van der Waals surface area contributed by atoms with Crippen molar-refractivity contribution in [1.29, 1.82) is 0 Å². The lowest BCUT2D eigenvalue weighted by atomic mass is 10.0. The van der Waals surface area contributed by atoms with Gasteiger partial charge in [-0.15, -0.1) is 0 Å². The molecule has 0 spiro atoms.